The molecule has 0 fully saturated rings. The minimum atomic E-state index is -3.60. The number of hydrogen-bond donors (Lipinski definition) is 1. The number of sulfonamides is 1. The number of methoxy groups -OCH3 is 1. The molecule has 0 unspecified atom stereocenters. The third-order valence-electron chi connectivity index (χ3n) is 6.72. The molecule has 9 heteroatoms. The van der Waals surface area contributed by atoms with E-state index in [1.807, 2.05) is 82.3 Å². The normalized spacial score (nSPS) is 12.3. The summed E-state index contributed by atoms with van der Waals surface area (Å²) in [6.07, 6.45) is 1.85. The second-order valence-corrected chi connectivity index (χ2v) is 13.5. The standard InChI is InChI=1S/C33H43N3O5S/c1-25-12-10-15-27(22-25)24-35(30(32(38)34-33(2,3)4)23-26-13-8-7-9-14-26)31(37)16-11-21-36(42(6,39)40)28-17-19-29(41-5)20-18-28/h7-10,12-15,17-20,22,30H,11,16,21,23-24H2,1-6H3,(H,34,38)/t30-/m1/s1. The van der Waals surface area contributed by atoms with Crippen LogP contribution in [0.25, 0.3) is 0 Å². The van der Waals surface area contributed by atoms with Crippen LogP contribution in [0.15, 0.2) is 78.9 Å². The van der Waals surface area contributed by atoms with Crippen LogP contribution in [0.5, 0.6) is 5.75 Å². The van der Waals surface area contributed by atoms with E-state index in [4.69, 9.17) is 4.74 Å². The highest BCUT2D eigenvalue weighted by Crippen LogP contribution is 2.23. The zero-order valence-electron chi connectivity index (χ0n) is 25.5. The molecule has 1 N–H and O–H groups in total. The Bertz CT molecular complexity index is 1430. The van der Waals surface area contributed by atoms with Crippen LogP contribution < -0.4 is 14.4 Å². The fourth-order valence-corrected chi connectivity index (χ4v) is 5.73. The van der Waals surface area contributed by atoms with Crippen LogP contribution in [0.4, 0.5) is 5.69 Å². The predicted molar refractivity (Wildman–Crippen MR) is 168 cm³/mol. The summed E-state index contributed by atoms with van der Waals surface area (Å²) in [5.74, 6) is 0.167. The van der Waals surface area contributed by atoms with Gasteiger partial charge in [0.25, 0.3) is 0 Å². The number of carbonyl (C=O) groups excluding carboxylic acids is 2. The fourth-order valence-electron chi connectivity index (χ4n) is 4.77. The summed E-state index contributed by atoms with van der Waals surface area (Å²) in [6.45, 7) is 8.10. The Kier molecular flexibility index (Phi) is 11.2. The Labute approximate surface area is 250 Å². The van der Waals surface area contributed by atoms with Crippen LogP contribution in [0.2, 0.25) is 0 Å². The number of benzene rings is 3. The number of nitrogens with one attached hydrogen (secondary N) is 1. The van der Waals surface area contributed by atoms with Gasteiger partial charge >= 0.3 is 0 Å². The van der Waals surface area contributed by atoms with Crippen LogP contribution in [0.3, 0.4) is 0 Å². The van der Waals surface area contributed by atoms with Crippen molar-refractivity contribution in [3.05, 3.63) is 95.6 Å². The van der Waals surface area contributed by atoms with E-state index in [9.17, 15) is 18.0 Å². The van der Waals surface area contributed by atoms with Crippen LogP contribution >= 0.6 is 0 Å². The number of anilines is 1. The van der Waals surface area contributed by atoms with Crippen LogP contribution in [0.1, 0.15) is 50.3 Å². The highest BCUT2D eigenvalue weighted by atomic mass is 32.2. The molecule has 0 aliphatic carbocycles. The maximum absolute atomic E-state index is 13.9. The third-order valence-corrected chi connectivity index (χ3v) is 7.91. The molecular formula is C33H43N3O5S. The molecule has 8 nitrogen and oxygen atoms in total. The van der Waals surface area contributed by atoms with E-state index in [1.54, 1.807) is 36.3 Å². The molecule has 1 atom stereocenters. The molecule has 226 valence electrons. The van der Waals surface area contributed by atoms with Gasteiger partial charge in [0.05, 0.1) is 19.1 Å². The summed E-state index contributed by atoms with van der Waals surface area (Å²) in [4.78, 5) is 29.3. The quantitative estimate of drug-likeness (QED) is 0.297. The average Bonchev–Trinajstić information content (AvgIpc) is 2.92. The lowest BCUT2D eigenvalue weighted by Gasteiger charge is -2.34. The monoisotopic (exact) mass is 593 g/mol. The molecule has 0 aromatic heterocycles. The molecule has 3 rings (SSSR count). The van der Waals surface area contributed by atoms with E-state index in [1.165, 1.54) is 4.31 Å². The first-order valence-electron chi connectivity index (χ1n) is 14.1. The summed E-state index contributed by atoms with van der Waals surface area (Å²) in [6, 6.07) is 23.5. The topological polar surface area (TPSA) is 96.0 Å². The fraction of sp³-hybridized carbons (Fsp3) is 0.394. The van der Waals surface area contributed by atoms with Crippen LogP contribution in [-0.4, -0.2) is 56.6 Å². The Morgan fingerprint density at radius 3 is 2.14 bits per heavy atom. The molecule has 0 aliphatic heterocycles. The number of carbonyl (C=O) groups is 2. The second-order valence-electron chi connectivity index (χ2n) is 11.6. The van der Waals surface area contributed by atoms with Gasteiger partial charge in [-0.05, 0) is 69.5 Å². The number of ether oxygens (including phenoxy) is 1. The molecule has 0 bridgehead atoms. The number of aryl methyl sites for hydroxylation is 1. The molecule has 0 aliphatic rings. The lowest BCUT2D eigenvalue weighted by atomic mass is 10.00. The van der Waals surface area contributed by atoms with Gasteiger partial charge < -0.3 is 15.0 Å². The number of rotatable bonds is 13. The van der Waals surface area contributed by atoms with Crippen molar-refractivity contribution >= 4 is 27.5 Å². The van der Waals surface area contributed by atoms with Crippen LogP contribution in [0, 0.1) is 6.92 Å². The van der Waals surface area contributed by atoms with Gasteiger partial charge in [0.1, 0.15) is 11.8 Å². The van der Waals surface area contributed by atoms with Crippen molar-refractivity contribution in [2.45, 2.75) is 65.1 Å². The van der Waals surface area contributed by atoms with Crippen molar-refractivity contribution in [1.29, 1.82) is 0 Å². The highest BCUT2D eigenvalue weighted by Gasteiger charge is 2.32. The van der Waals surface area contributed by atoms with E-state index >= 15 is 0 Å². The number of amides is 2. The van der Waals surface area contributed by atoms with Gasteiger partial charge in [-0.1, -0.05) is 60.2 Å². The van der Waals surface area contributed by atoms with Gasteiger partial charge in [-0.25, -0.2) is 8.42 Å². The van der Waals surface area contributed by atoms with E-state index in [-0.39, 0.29) is 37.7 Å². The summed E-state index contributed by atoms with van der Waals surface area (Å²) >= 11 is 0. The van der Waals surface area contributed by atoms with Gasteiger partial charge in [0, 0.05) is 31.5 Å². The second kappa shape index (κ2) is 14.4. The maximum atomic E-state index is 13.9. The summed E-state index contributed by atoms with van der Waals surface area (Å²) in [5, 5.41) is 3.07. The minimum Gasteiger partial charge on any atom is -0.497 e. The first-order valence-corrected chi connectivity index (χ1v) is 15.9. The first kappa shape index (κ1) is 32.7. The maximum Gasteiger partial charge on any atom is 0.243 e. The smallest absolute Gasteiger partial charge is 0.243 e. The van der Waals surface area contributed by atoms with Gasteiger partial charge in [0.15, 0.2) is 0 Å². The molecule has 2 amide bonds. The summed E-state index contributed by atoms with van der Waals surface area (Å²) in [5.41, 5.74) is 2.92. The van der Waals surface area contributed by atoms with Gasteiger partial charge in [-0.3, -0.25) is 13.9 Å². The average molecular weight is 594 g/mol. The molecule has 0 heterocycles. The van der Waals surface area contributed by atoms with E-state index in [0.717, 1.165) is 22.9 Å². The highest BCUT2D eigenvalue weighted by molar-refractivity contribution is 7.92. The largest absolute Gasteiger partial charge is 0.497 e. The molecule has 0 saturated carbocycles. The van der Waals surface area contributed by atoms with Gasteiger partial charge in [0.2, 0.25) is 21.8 Å². The zero-order chi connectivity index (χ0) is 30.9. The predicted octanol–water partition coefficient (Wildman–Crippen LogP) is 5.10. The lowest BCUT2D eigenvalue weighted by molar-refractivity contribution is -0.142. The molecule has 3 aromatic rings. The summed E-state index contributed by atoms with van der Waals surface area (Å²) < 4.78 is 31.8. The Balaban J connectivity index is 1.89. The van der Waals surface area contributed by atoms with E-state index < -0.39 is 21.6 Å². The van der Waals surface area contributed by atoms with Gasteiger partial charge in [-0.15, -0.1) is 0 Å². The van der Waals surface area contributed by atoms with E-state index in [2.05, 4.69) is 5.32 Å². The Hall–Kier alpha value is -3.85. The van der Waals surface area contributed by atoms with Crippen molar-refractivity contribution in [3.63, 3.8) is 0 Å². The van der Waals surface area contributed by atoms with Crippen molar-refractivity contribution < 1.29 is 22.7 Å². The molecule has 0 radical (unpaired) electrons. The van der Waals surface area contributed by atoms with Crippen molar-refractivity contribution in [2.75, 3.05) is 24.2 Å². The molecule has 42 heavy (non-hydrogen) atoms. The summed E-state index contributed by atoms with van der Waals surface area (Å²) in [7, 11) is -2.05. The molecule has 3 aromatic carbocycles. The molecule has 0 spiro atoms. The SMILES string of the molecule is COc1ccc(N(CCCC(=O)N(Cc2cccc(C)c2)[C@H](Cc2ccccc2)C(=O)NC(C)(C)C)S(C)(=O)=O)cc1. The number of nitrogens with zero attached hydrogens (tertiary/aromatic N) is 2. The Morgan fingerprint density at radius 2 is 1.57 bits per heavy atom. The van der Waals surface area contributed by atoms with Gasteiger partial charge in [-0.2, -0.15) is 0 Å². The zero-order valence-corrected chi connectivity index (χ0v) is 26.3. The lowest BCUT2D eigenvalue weighted by Crippen LogP contribution is -2.54. The molecular weight excluding hydrogens is 550 g/mol. The van der Waals surface area contributed by atoms with E-state index in [0.29, 0.717) is 17.9 Å². The third kappa shape index (κ3) is 9.91. The first-order chi connectivity index (χ1) is 19.8. The van der Waals surface area contributed by atoms with Crippen LogP contribution in [-0.2, 0) is 32.6 Å². The van der Waals surface area contributed by atoms with Crippen molar-refractivity contribution in [2.24, 2.45) is 0 Å². The minimum absolute atomic E-state index is 0.0715. The molecule has 0 saturated heterocycles. The van der Waals surface area contributed by atoms with Crippen molar-refractivity contribution in [3.8, 4) is 5.75 Å². The number of hydrogen-bond acceptors (Lipinski definition) is 5. The Morgan fingerprint density at radius 1 is 0.929 bits per heavy atom. The van der Waals surface area contributed by atoms with Crippen molar-refractivity contribution in [1.82, 2.24) is 10.2 Å².